The summed E-state index contributed by atoms with van der Waals surface area (Å²) in [7, 11) is 0. The van der Waals surface area contributed by atoms with E-state index in [0.717, 1.165) is 53.7 Å². The van der Waals surface area contributed by atoms with Gasteiger partial charge in [-0.25, -0.2) is 0 Å². The Balaban J connectivity index is 1.87. The fourth-order valence-electron chi connectivity index (χ4n) is 3.50. The first-order chi connectivity index (χ1) is 11.3. The van der Waals surface area contributed by atoms with E-state index in [1.54, 1.807) is 0 Å². The first kappa shape index (κ1) is 14.2. The summed E-state index contributed by atoms with van der Waals surface area (Å²) in [6, 6.07) is 18.2. The third-order valence-electron chi connectivity index (χ3n) is 4.68. The van der Waals surface area contributed by atoms with Crippen molar-refractivity contribution >= 4 is 16.7 Å². The minimum absolute atomic E-state index is 0.0745. The van der Waals surface area contributed by atoms with Crippen LogP contribution in [-0.4, -0.2) is 23.9 Å². The molecule has 1 saturated heterocycles. The molecule has 2 heterocycles. The highest BCUT2D eigenvalue weighted by atomic mass is 16.1. The summed E-state index contributed by atoms with van der Waals surface area (Å²) in [4.78, 5) is 16.7. The molecule has 4 rings (SSSR count). The van der Waals surface area contributed by atoms with Gasteiger partial charge in [-0.1, -0.05) is 48.5 Å². The zero-order valence-electron chi connectivity index (χ0n) is 13.0. The standard InChI is InChI=1S/C20H20N2O/c23-20(15-9-6-12-21-13-15)18-16-10-4-5-11-17(16)22-19(18)14-7-2-1-3-8-14/h1-5,7-8,10-11,15,21-22H,6,9,12-13H2/t15-/m0/s1. The number of rotatable bonds is 3. The first-order valence-corrected chi connectivity index (χ1v) is 8.25. The number of piperidine rings is 1. The van der Waals surface area contributed by atoms with Gasteiger partial charge in [0, 0.05) is 23.4 Å². The number of nitrogens with one attached hydrogen (secondary N) is 2. The molecule has 0 unspecified atom stereocenters. The Morgan fingerprint density at radius 1 is 1.00 bits per heavy atom. The predicted octanol–water partition coefficient (Wildman–Crippen LogP) is 4.02. The average Bonchev–Trinajstić information content (AvgIpc) is 3.02. The van der Waals surface area contributed by atoms with E-state index in [4.69, 9.17) is 0 Å². The van der Waals surface area contributed by atoms with Crippen LogP contribution >= 0.6 is 0 Å². The number of aromatic nitrogens is 1. The van der Waals surface area contributed by atoms with Crippen molar-refractivity contribution in [3.8, 4) is 11.3 Å². The topological polar surface area (TPSA) is 44.9 Å². The van der Waals surface area contributed by atoms with Gasteiger partial charge in [0.2, 0.25) is 0 Å². The lowest BCUT2D eigenvalue weighted by molar-refractivity contribution is 0.0902. The SMILES string of the molecule is O=C(c1c(-c2ccccc2)[nH]c2ccccc12)[C@H]1CCCNC1. The third-order valence-corrected chi connectivity index (χ3v) is 4.68. The van der Waals surface area contributed by atoms with Gasteiger partial charge in [0.15, 0.2) is 5.78 Å². The second kappa shape index (κ2) is 6.01. The summed E-state index contributed by atoms with van der Waals surface area (Å²) in [5, 5.41) is 4.38. The summed E-state index contributed by atoms with van der Waals surface area (Å²) in [5.41, 5.74) is 3.89. The minimum Gasteiger partial charge on any atom is -0.354 e. The monoisotopic (exact) mass is 304 g/mol. The molecule has 0 bridgehead atoms. The molecule has 0 spiro atoms. The fourth-order valence-corrected chi connectivity index (χ4v) is 3.50. The van der Waals surface area contributed by atoms with Gasteiger partial charge in [0.1, 0.15) is 0 Å². The van der Waals surface area contributed by atoms with Crippen molar-refractivity contribution in [3.63, 3.8) is 0 Å². The number of fused-ring (bicyclic) bond motifs is 1. The van der Waals surface area contributed by atoms with Crippen LogP contribution in [0.5, 0.6) is 0 Å². The molecule has 116 valence electrons. The third kappa shape index (κ3) is 2.57. The van der Waals surface area contributed by atoms with Crippen LogP contribution < -0.4 is 5.32 Å². The fraction of sp³-hybridized carbons (Fsp3) is 0.250. The maximum atomic E-state index is 13.2. The van der Waals surface area contributed by atoms with Gasteiger partial charge in [-0.3, -0.25) is 4.79 Å². The molecule has 3 nitrogen and oxygen atoms in total. The molecule has 1 aromatic heterocycles. The molecule has 23 heavy (non-hydrogen) atoms. The highest BCUT2D eigenvalue weighted by molar-refractivity contribution is 6.14. The molecule has 0 radical (unpaired) electrons. The van der Waals surface area contributed by atoms with Crippen LogP contribution in [0.4, 0.5) is 0 Å². The van der Waals surface area contributed by atoms with E-state index in [0.29, 0.717) is 0 Å². The van der Waals surface area contributed by atoms with Crippen molar-refractivity contribution in [2.75, 3.05) is 13.1 Å². The van der Waals surface area contributed by atoms with Crippen LogP contribution in [0.2, 0.25) is 0 Å². The summed E-state index contributed by atoms with van der Waals surface area (Å²) in [6.45, 7) is 1.80. The van der Waals surface area contributed by atoms with Crippen LogP contribution in [-0.2, 0) is 0 Å². The quantitative estimate of drug-likeness (QED) is 0.718. The van der Waals surface area contributed by atoms with Gasteiger partial charge in [0.05, 0.1) is 11.3 Å². The Labute approximate surface area is 135 Å². The number of Topliss-reactive ketones (excluding diaryl/α,β-unsaturated/α-hetero) is 1. The predicted molar refractivity (Wildman–Crippen MR) is 93.7 cm³/mol. The lowest BCUT2D eigenvalue weighted by Crippen LogP contribution is -2.34. The molecule has 3 aromatic rings. The molecule has 0 aliphatic carbocycles. The van der Waals surface area contributed by atoms with E-state index >= 15 is 0 Å². The van der Waals surface area contributed by atoms with E-state index in [-0.39, 0.29) is 11.7 Å². The lowest BCUT2D eigenvalue weighted by atomic mass is 9.88. The normalized spacial score (nSPS) is 18.2. The second-order valence-corrected chi connectivity index (χ2v) is 6.19. The molecule has 0 amide bonds. The number of hydrogen-bond acceptors (Lipinski definition) is 2. The molecule has 1 aliphatic rings. The van der Waals surface area contributed by atoms with Gasteiger partial charge >= 0.3 is 0 Å². The number of hydrogen-bond donors (Lipinski definition) is 2. The van der Waals surface area contributed by atoms with Crippen LogP contribution in [0.3, 0.4) is 0 Å². The van der Waals surface area contributed by atoms with E-state index in [2.05, 4.69) is 22.4 Å². The van der Waals surface area contributed by atoms with E-state index in [9.17, 15) is 4.79 Å². The van der Waals surface area contributed by atoms with E-state index in [1.807, 2.05) is 42.5 Å². The summed E-state index contributed by atoms with van der Waals surface area (Å²) in [5.74, 6) is 0.332. The van der Waals surface area contributed by atoms with Crippen LogP contribution in [0.15, 0.2) is 54.6 Å². The van der Waals surface area contributed by atoms with Crippen LogP contribution in [0.25, 0.3) is 22.2 Å². The largest absolute Gasteiger partial charge is 0.354 e. The van der Waals surface area contributed by atoms with Gasteiger partial charge in [0.25, 0.3) is 0 Å². The highest BCUT2D eigenvalue weighted by Gasteiger charge is 2.27. The number of para-hydroxylation sites is 1. The van der Waals surface area contributed by atoms with Gasteiger partial charge in [-0.05, 0) is 31.0 Å². The number of carbonyl (C=O) groups is 1. The van der Waals surface area contributed by atoms with E-state index < -0.39 is 0 Å². The zero-order chi connectivity index (χ0) is 15.6. The number of carbonyl (C=O) groups excluding carboxylic acids is 1. The highest BCUT2D eigenvalue weighted by Crippen LogP contribution is 2.33. The maximum Gasteiger partial charge on any atom is 0.170 e. The Kier molecular flexibility index (Phi) is 3.72. The molecular weight excluding hydrogens is 284 g/mol. The van der Waals surface area contributed by atoms with Crippen molar-refractivity contribution in [3.05, 3.63) is 60.2 Å². The first-order valence-electron chi connectivity index (χ1n) is 8.25. The number of benzene rings is 2. The number of ketones is 1. The zero-order valence-corrected chi connectivity index (χ0v) is 13.0. The van der Waals surface area contributed by atoms with Crippen molar-refractivity contribution in [2.24, 2.45) is 5.92 Å². The van der Waals surface area contributed by atoms with Crippen molar-refractivity contribution in [1.29, 1.82) is 0 Å². The number of aromatic amines is 1. The average molecular weight is 304 g/mol. The summed E-state index contributed by atoms with van der Waals surface area (Å²) < 4.78 is 0. The van der Waals surface area contributed by atoms with Crippen molar-refractivity contribution < 1.29 is 4.79 Å². The second-order valence-electron chi connectivity index (χ2n) is 6.19. The van der Waals surface area contributed by atoms with Gasteiger partial charge in [-0.2, -0.15) is 0 Å². The van der Waals surface area contributed by atoms with Crippen LogP contribution in [0.1, 0.15) is 23.2 Å². The van der Waals surface area contributed by atoms with Gasteiger partial charge < -0.3 is 10.3 Å². The number of H-pyrrole nitrogens is 1. The summed E-state index contributed by atoms with van der Waals surface area (Å²) in [6.07, 6.45) is 2.04. The molecular formula is C20H20N2O. The minimum atomic E-state index is 0.0745. The lowest BCUT2D eigenvalue weighted by Gasteiger charge is -2.22. The Bertz CT molecular complexity index is 829. The molecule has 1 aliphatic heterocycles. The maximum absolute atomic E-state index is 13.2. The molecule has 3 heteroatoms. The molecule has 1 fully saturated rings. The molecule has 1 atom stereocenters. The Hall–Kier alpha value is -2.39. The van der Waals surface area contributed by atoms with E-state index in [1.165, 1.54) is 0 Å². The molecule has 0 saturated carbocycles. The van der Waals surface area contributed by atoms with Gasteiger partial charge in [-0.15, -0.1) is 0 Å². The summed E-state index contributed by atoms with van der Waals surface area (Å²) >= 11 is 0. The van der Waals surface area contributed by atoms with Crippen LogP contribution in [0, 0.1) is 5.92 Å². The van der Waals surface area contributed by atoms with Crippen molar-refractivity contribution in [2.45, 2.75) is 12.8 Å². The smallest absolute Gasteiger partial charge is 0.170 e. The molecule has 2 N–H and O–H groups in total. The molecule has 2 aromatic carbocycles. The Morgan fingerprint density at radius 3 is 2.57 bits per heavy atom. The van der Waals surface area contributed by atoms with Crippen molar-refractivity contribution in [1.82, 2.24) is 10.3 Å². The Morgan fingerprint density at radius 2 is 1.78 bits per heavy atom.